The van der Waals surface area contributed by atoms with Crippen molar-refractivity contribution in [3.63, 3.8) is 0 Å². The van der Waals surface area contributed by atoms with E-state index < -0.39 is 0 Å². The quantitative estimate of drug-likeness (QED) is 0.779. The first-order valence-corrected chi connectivity index (χ1v) is 9.14. The third-order valence-corrected chi connectivity index (χ3v) is 5.87. The summed E-state index contributed by atoms with van der Waals surface area (Å²) in [6, 6.07) is 9.67. The van der Waals surface area contributed by atoms with Crippen molar-refractivity contribution in [1.29, 1.82) is 0 Å². The van der Waals surface area contributed by atoms with E-state index in [1.54, 1.807) is 0 Å². The third kappa shape index (κ3) is 4.53. The smallest absolute Gasteiger partial charge is 0.0409 e. The molecule has 1 nitrogen and oxygen atoms in total. The Morgan fingerprint density at radius 2 is 1.65 bits per heavy atom. The van der Waals surface area contributed by atoms with Gasteiger partial charge in [0.1, 0.15) is 0 Å². The fourth-order valence-corrected chi connectivity index (χ4v) is 4.41. The van der Waals surface area contributed by atoms with Gasteiger partial charge in [-0.15, -0.1) is 0 Å². The Morgan fingerprint density at radius 1 is 1.05 bits per heavy atom. The summed E-state index contributed by atoms with van der Waals surface area (Å²) < 4.78 is 0. The van der Waals surface area contributed by atoms with Crippen LogP contribution in [0.15, 0.2) is 24.3 Å². The van der Waals surface area contributed by atoms with Crippen LogP contribution >= 0.6 is 11.8 Å². The molecular weight excluding hydrogens is 262 g/mol. The molecule has 1 aromatic rings. The number of thioether (sulfide) groups is 1. The average Bonchev–Trinajstić information content (AvgIpc) is 2.49. The first-order chi connectivity index (χ1) is 9.70. The molecule has 2 rings (SSSR count). The van der Waals surface area contributed by atoms with Gasteiger partial charge in [0, 0.05) is 17.0 Å². The van der Waals surface area contributed by atoms with E-state index in [0.717, 1.165) is 5.25 Å². The number of hydrogen-bond acceptors (Lipinski definition) is 2. The van der Waals surface area contributed by atoms with Crippen molar-refractivity contribution >= 4 is 11.8 Å². The van der Waals surface area contributed by atoms with Crippen molar-refractivity contribution in [3.8, 4) is 0 Å². The van der Waals surface area contributed by atoms with Crippen molar-refractivity contribution in [2.24, 2.45) is 0 Å². The van der Waals surface area contributed by atoms with Gasteiger partial charge in [-0.1, -0.05) is 57.4 Å². The van der Waals surface area contributed by atoms with Gasteiger partial charge >= 0.3 is 0 Å². The zero-order chi connectivity index (χ0) is 14.4. The fraction of sp³-hybridized carbons (Fsp3) is 0.667. The largest absolute Gasteiger partial charge is 0.312 e. The van der Waals surface area contributed by atoms with E-state index in [4.69, 9.17) is 0 Å². The van der Waals surface area contributed by atoms with Gasteiger partial charge < -0.3 is 5.32 Å². The topological polar surface area (TPSA) is 12.0 Å². The van der Waals surface area contributed by atoms with Gasteiger partial charge in [-0.2, -0.15) is 11.8 Å². The predicted molar refractivity (Wildman–Crippen MR) is 91.7 cm³/mol. The molecule has 0 heterocycles. The molecule has 0 spiro atoms. The molecule has 0 radical (unpaired) electrons. The molecule has 0 aromatic heterocycles. The van der Waals surface area contributed by atoms with Crippen molar-refractivity contribution in [2.45, 2.75) is 63.2 Å². The van der Waals surface area contributed by atoms with E-state index in [1.165, 1.54) is 49.0 Å². The lowest BCUT2D eigenvalue weighted by Crippen LogP contribution is -2.21. The van der Waals surface area contributed by atoms with Crippen LogP contribution in [0.2, 0.25) is 0 Å². The van der Waals surface area contributed by atoms with Gasteiger partial charge in [0.25, 0.3) is 0 Å². The van der Waals surface area contributed by atoms with Crippen LogP contribution in [-0.2, 0) is 0 Å². The number of nitrogens with one attached hydrogen (secondary N) is 1. The van der Waals surface area contributed by atoms with E-state index in [2.05, 4.69) is 62.2 Å². The summed E-state index contributed by atoms with van der Waals surface area (Å²) in [6.07, 6.45) is 7.17. The Kier molecular flexibility index (Phi) is 6.44. The summed E-state index contributed by atoms with van der Waals surface area (Å²) in [6.45, 7) is 4.51. The SMILES string of the molecule is CNC(CSC1CCCCC1)c1ccc(C(C)C)cc1. The highest BCUT2D eigenvalue weighted by Gasteiger charge is 2.17. The van der Waals surface area contributed by atoms with Gasteiger partial charge in [0.2, 0.25) is 0 Å². The van der Waals surface area contributed by atoms with Crippen LogP contribution in [0.3, 0.4) is 0 Å². The molecule has 20 heavy (non-hydrogen) atoms. The Hall–Kier alpha value is -0.470. The van der Waals surface area contributed by atoms with Crippen LogP contribution in [0.5, 0.6) is 0 Å². The Morgan fingerprint density at radius 3 is 2.20 bits per heavy atom. The Balaban J connectivity index is 1.89. The zero-order valence-corrected chi connectivity index (χ0v) is 14.0. The molecule has 2 heteroatoms. The van der Waals surface area contributed by atoms with Gasteiger partial charge in [-0.25, -0.2) is 0 Å². The van der Waals surface area contributed by atoms with Crippen molar-refractivity contribution < 1.29 is 0 Å². The number of benzene rings is 1. The van der Waals surface area contributed by atoms with Crippen molar-refractivity contribution in [2.75, 3.05) is 12.8 Å². The highest BCUT2D eigenvalue weighted by molar-refractivity contribution is 7.99. The lowest BCUT2D eigenvalue weighted by molar-refractivity contribution is 0.514. The van der Waals surface area contributed by atoms with E-state index in [1.807, 2.05) is 0 Å². The molecule has 1 atom stereocenters. The molecule has 1 fully saturated rings. The second-order valence-corrected chi connectivity index (χ2v) is 7.59. The molecule has 1 N–H and O–H groups in total. The Bertz CT molecular complexity index is 379. The van der Waals surface area contributed by atoms with Crippen molar-refractivity contribution in [1.82, 2.24) is 5.32 Å². The molecular formula is C18H29NS. The van der Waals surface area contributed by atoms with E-state index in [-0.39, 0.29) is 0 Å². The molecule has 0 bridgehead atoms. The summed E-state index contributed by atoms with van der Waals surface area (Å²) in [5.41, 5.74) is 2.86. The highest BCUT2D eigenvalue weighted by atomic mass is 32.2. The second-order valence-electron chi connectivity index (χ2n) is 6.26. The minimum absolute atomic E-state index is 0.489. The molecule has 1 aliphatic carbocycles. The van der Waals surface area contributed by atoms with Crippen LogP contribution in [-0.4, -0.2) is 18.1 Å². The van der Waals surface area contributed by atoms with Crippen LogP contribution in [0.4, 0.5) is 0 Å². The van der Waals surface area contributed by atoms with Crippen LogP contribution in [0, 0.1) is 0 Å². The lowest BCUT2D eigenvalue weighted by Gasteiger charge is -2.24. The van der Waals surface area contributed by atoms with Crippen LogP contribution in [0.25, 0.3) is 0 Å². The van der Waals surface area contributed by atoms with Gasteiger partial charge in [-0.3, -0.25) is 0 Å². The minimum Gasteiger partial charge on any atom is -0.312 e. The molecule has 1 aromatic carbocycles. The third-order valence-electron chi connectivity index (χ3n) is 4.40. The molecule has 1 aliphatic rings. The monoisotopic (exact) mass is 291 g/mol. The number of rotatable bonds is 6. The zero-order valence-electron chi connectivity index (χ0n) is 13.2. The highest BCUT2D eigenvalue weighted by Crippen LogP contribution is 2.31. The van der Waals surface area contributed by atoms with Crippen LogP contribution in [0.1, 0.15) is 69.0 Å². The maximum absolute atomic E-state index is 3.49. The first-order valence-electron chi connectivity index (χ1n) is 8.09. The normalized spacial score (nSPS) is 18.4. The molecule has 0 aliphatic heterocycles. The second kappa shape index (κ2) is 8.09. The summed E-state index contributed by atoms with van der Waals surface area (Å²) >= 11 is 2.17. The summed E-state index contributed by atoms with van der Waals surface area (Å²) in [4.78, 5) is 0. The van der Waals surface area contributed by atoms with E-state index >= 15 is 0 Å². The molecule has 1 saturated carbocycles. The van der Waals surface area contributed by atoms with Crippen molar-refractivity contribution in [3.05, 3.63) is 35.4 Å². The van der Waals surface area contributed by atoms with Gasteiger partial charge in [0.15, 0.2) is 0 Å². The average molecular weight is 292 g/mol. The Labute approximate surface area is 128 Å². The molecule has 0 amide bonds. The van der Waals surface area contributed by atoms with Gasteiger partial charge in [-0.05, 0) is 36.9 Å². The maximum Gasteiger partial charge on any atom is 0.0409 e. The van der Waals surface area contributed by atoms with E-state index in [9.17, 15) is 0 Å². The van der Waals surface area contributed by atoms with E-state index in [0.29, 0.717) is 12.0 Å². The predicted octanol–water partition coefficient (Wildman–Crippen LogP) is 5.14. The summed E-state index contributed by atoms with van der Waals surface area (Å²) in [5.74, 6) is 1.82. The minimum atomic E-state index is 0.489. The van der Waals surface area contributed by atoms with Gasteiger partial charge in [0.05, 0.1) is 0 Å². The standard InChI is InChI=1S/C18H29NS/c1-14(2)15-9-11-16(12-10-15)18(19-3)13-20-17-7-5-4-6-8-17/h9-12,14,17-19H,4-8,13H2,1-3H3. The first kappa shape index (κ1) is 15.9. The number of hydrogen-bond donors (Lipinski definition) is 1. The maximum atomic E-state index is 3.49. The van der Waals surface area contributed by atoms with Crippen LogP contribution < -0.4 is 5.32 Å². The molecule has 112 valence electrons. The fourth-order valence-electron chi connectivity index (χ4n) is 2.92. The summed E-state index contributed by atoms with van der Waals surface area (Å²) in [5, 5.41) is 4.38. The lowest BCUT2D eigenvalue weighted by atomic mass is 9.99. The summed E-state index contributed by atoms with van der Waals surface area (Å²) in [7, 11) is 2.09. The molecule has 1 unspecified atom stereocenters. The molecule has 0 saturated heterocycles.